The first-order chi connectivity index (χ1) is 17.6. The van der Waals surface area contributed by atoms with Gasteiger partial charge in [-0.25, -0.2) is 22.3 Å². The van der Waals surface area contributed by atoms with Gasteiger partial charge in [-0.2, -0.15) is 14.5 Å². The number of nitrogens with one attached hydrogen (secondary N) is 2. The maximum absolute atomic E-state index is 14.6. The molecular weight excluding hydrogens is 519 g/mol. The lowest BCUT2D eigenvalue weighted by Crippen LogP contribution is -2.48. The fourth-order valence-electron chi connectivity index (χ4n) is 4.53. The Hall–Kier alpha value is -3.06. The van der Waals surface area contributed by atoms with Crippen molar-refractivity contribution in [2.75, 3.05) is 37.8 Å². The van der Waals surface area contributed by atoms with Crippen molar-refractivity contribution < 1.29 is 12.8 Å². The standard InChI is InChI=1S/C24H28ClFN8O2S/c1-15-10-23(30-29-15)27-22-13-19(14-32-6-8-33(9-7-32)37(3,35)36)34-24(28-22)20(16(2)31-34)11-17-4-5-18(25)12-21(17)26/h4-5,10,12-13H,6-9,11,14H2,1-3H3,(H2,27,28,29,30). The van der Waals surface area contributed by atoms with E-state index >= 15 is 0 Å². The van der Waals surface area contributed by atoms with Gasteiger partial charge in [0.05, 0.1) is 17.6 Å². The van der Waals surface area contributed by atoms with Gasteiger partial charge in [-0.1, -0.05) is 17.7 Å². The van der Waals surface area contributed by atoms with Crippen molar-refractivity contribution in [1.29, 1.82) is 0 Å². The van der Waals surface area contributed by atoms with Crippen LogP contribution in [0.3, 0.4) is 0 Å². The fraction of sp³-hybridized carbons (Fsp3) is 0.375. The van der Waals surface area contributed by atoms with E-state index < -0.39 is 10.0 Å². The lowest BCUT2D eigenvalue weighted by Gasteiger charge is -2.33. The van der Waals surface area contributed by atoms with Gasteiger partial charge in [-0.3, -0.25) is 10.00 Å². The van der Waals surface area contributed by atoms with E-state index in [1.807, 2.05) is 26.0 Å². The van der Waals surface area contributed by atoms with Crippen LogP contribution in [0.5, 0.6) is 0 Å². The molecule has 1 aromatic carbocycles. The molecule has 0 spiro atoms. The third-order valence-electron chi connectivity index (χ3n) is 6.49. The number of H-pyrrole nitrogens is 1. The van der Waals surface area contributed by atoms with Gasteiger partial charge < -0.3 is 5.32 Å². The van der Waals surface area contributed by atoms with E-state index in [0.29, 0.717) is 67.0 Å². The van der Waals surface area contributed by atoms with Crippen molar-refractivity contribution in [2.24, 2.45) is 0 Å². The highest BCUT2D eigenvalue weighted by Gasteiger charge is 2.25. The van der Waals surface area contributed by atoms with Gasteiger partial charge >= 0.3 is 0 Å². The fourth-order valence-corrected chi connectivity index (χ4v) is 5.51. The van der Waals surface area contributed by atoms with Crippen molar-refractivity contribution >= 4 is 38.9 Å². The van der Waals surface area contributed by atoms with Crippen LogP contribution in [0.1, 0.15) is 28.2 Å². The molecule has 0 atom stereocenters. The number of aromatic amines is 1. The molecule has 37 heavy (non-hydrogen) atoms. The Labute approximate surface area is 219 Å². The summed E-state index contributed by atoms with van der Waals surface area (Å²) in [7, 11) is -3.21. The number of fused-ring (bicyclic) bond motifs is 1. The normalized spacial score (nSPS) is 15.5. The number of benzene rings is 1. The van der Waals surface area contributed by atoms with E-state index in [1.165, 1.54) is 16.6 Å². The number of piperazine rings is 1. The number of rotatable bonds is 7. The zero-order valence-electron chi connectivity index (χ0n) is 20.8. The molecule has 3 aromatic heterocycles. The molecule has 0 amide bonds. The number of hydrogen-bond donors (Lipinski definition) is 2. The largest absolute Gasteiger partial charge is 0.323 e. The Morgan fingerprint density at radius 1 is 1.11 bits per heavy atom. The summed E-state index contributed by atoms with van der Waals surface area (Å²) in [5.41, 5.74) is 4.46. The molecule has 4 heterocycles. The quantitative estimate of drug-likeness (QED) is 0.366. The van der Waals surface area contributed by atoms with Crippen LogP contribution in [0.2, 0.25) is 5.02 Å². The van der Waals surface area contributed by atoms with Gasteiger partial charge in [0.15, 0.2) is 11.5 Å². The zero-order chi connectivity index (χ0) is 26.3. The topological polar surface area (TPSA) is 112 Å². The van der Waals surface area contributed by atoms with Crippen LogP contribution in [-0.2, 0) is 23.0 Å². The molecule has 10 nitrogen and oxygen atoms in total. The molecule has 0 aliphatic carbocycles. The average molecular weight is 547 g/mol. The first-order valence-corrected chi connectivity index (χ1v) is 14.1. The molecule has 0 unspecified atom stereocenters. The smallest absolute Gasteiger partial charge is 0.211 e. The monoisotopic (exact) mass is 546 g/mol. The lowest BCUT2D eigenvalue weighted by molar-refractivity contribution is 0.179. The van der Waals surface area contributed by atoms with Gasteiger partial charge in [0.2, 0.25) is 10.0 Å². The van der Waals surface area contributed by atoms with Crippen molar-refractivity contribution in [3.63, 3.8) is 0 Å². The average Bonchev–Trinajstić information content (AvgIpc) is 3.38. The predicted octanol–water partition coefficient (Wildman–Crippen LogP) is 3.27. The summed E-state index contributed by atoms with van der Waals surface area (Å²) in [5, 5.41) is 15.5. The second-order valence-electron chi connectivity index (χ2n) is 9.34. The van der Waals surface area contributed by atoms with E-state index in [2.05, 4.69) is 20.4 Å². The summed E-state index contributed by atoms with van der Waals surface area (Å²) in [5.74, 6) is 0.835. The highest BCUT2D eigenvalue weighted by Crippen LogP contribution is 2.26. The highest BCUT2D eigenvalue weighted by molar-refractivity contribution is 7.88. The van der Waals surface area contributed by atoms with Crippen molar-refractivity contribution in [3.05, 3.63) is 69.4 Å². The second kappa shape index (κ2) is 10.0. The summed E-state index contributed by atoms with van der Waals surface area (Å²) in [6.07, 6.45) is 1.55. The summed E-state index contributed by atoms with van der Waals surface area (Å²) in [6, 6.07) is 8.45. The minimum absolute atomic E-state index is 0.308. The Kier molecular flexibility index (Phi) is 6.92. The zero-order valence-corrected chi connectivity index (χ0v) is 22.4. The molecule has 0 radical (unpaired) electrons. The van der Waals surface area contributed by atoms with Crippen molar-refractivity contribution in [3.8, 4) is 0 Å². The first-order valence-electron chi connectivity index (χ1n) is 11.9. The lowest BCUT2D eigenvalue weighted by atomic mass is 10.0. The molecule has 196 valence electrons. The molecule has 1 saturated heterocycles. The third-order valence-corrected chi connectivity index (χ3v) is 8.03. The number of sulfonamides is 1. The molecule has 0 bridgehead atoms. The summed E-state index contributed by atoms with van der Waals surface area (Å²) in [4.78, 5) is 7.01. The third kappa shape index (κ3) is 5.61. The van der Waals surface area contributed by atoms with Crippen molar-refractivity contribution in [1.82, 2.24) is 34.0 Å². The Balaban J connectivity index is 1.51. The van der Waals surface area contributed by atoms with E-state index in [-0.39, 0.29) is 5.82 Å². The molecule has 5 rings (SSSR count). The Morgan fingerprint density at radius 3 is 2.51 bits per heavy atom. The van der Waals surface area contributed by atoms with Crippen molar-refractivity contribution in [2.45, 2.75) is 26.8 Å². The van der Waals surface area contributed by atoms with Crippen LogP contribution in [0, 0.1) is 19.7 Å². The van der Waals surface area contributed by atoms with Crippen LogP contribution >= 0.6 is 11.6 Å². The molecule has 1 fully saturated rings. The summed E-state index contributed by atoms with van der Waals surface area (Å²) in [6.45, 7) is 6.41. The van der Waals surface area contributed by atoms with E-state index in [0.717, 1.165) is 22.6 Å². The number of halogens is 2. The number of anilines is 2. The molecule has 13 heteroatoms. The first kappa shape index (κ1) is 25.6. The van der Waals surface area contributed by atoms with Crippen LogP contribution < -0.4 is 5.32 Å². The molecular formula is C24H28ClFN8O2S. The minimum atomic E-state index is -3.21. The van der Waals surface area contributed by atoms with Gasteiger partial charge in [0.25, 0.3) is 0 Å². The van der Waals surface area contributed by atoms with Crippen LogP contribution in [-0.4, -0.2) is 74.9 Å². The number of aryl methyl sites for hydroxylation is 2. The van der Waals surface area contributed by atoms with Gasteiger partial charge in [-0.05, 0) is 31.5 Å². The maximum Gasteiger partial charge on any atom is 0.211 e. The predicted molar refractivity (Wildman–Crippen MR) is 140 cm³/mol. The van der Waals surface area contributed by atoms with E-state index in [1.54, 1.807) is 16.6 Å². The number of aromatic nitrogens is 5. The van der Waals surface area contributed by atoms with Gasteiger partial charge in [0, 0.05) is 67.6 Å². The molecule has 0 saturated carbocycles. The SMILES string of the molecule is Cc1cc(Nc2cc(CN3CCN(S(C)(=O)=O)CC3)n3nc(C)c(Cc4ccc(Cl)cc4F)c3n2)n[nH]1. The molecule has 4 aromatic rings. The summed E-state index contributed by atoms with van der Waals surface area (Å²) < 4.78 is 41.8. The Morgan fingerprint density at radius 2 is 1.86 bits per heavy atom. The molecule has 1 aliphatic rings. The second-order valence-corrected chi connectivity index (χ2v) is 11.8. The van der Waals surface area contributed by atoms with Crippen LogP contribution in [0.25, 0.3) is 5.65 Å². The van der Waals surface area contributed by atoms with Crippen LogP contribution in [0.15, 0.2) is 30.3 Å². The van der Waals surface area contributed by atoms with E-state index in [4.69, 9.17) is 21.7 Å². The number of nitrogens with zero attached hydrogens (tertiary/aromatic N) is 6. The molecule has 1 aliphatic heterocycles. The molecule has 2 N–H and O–H groups in total. The summed E-state index contributed by atoms with van der Waals surface area (Å²) >= 11 is 5.95. The van der Waals surface area contributed by atoms with Gasteiger partial charge in [0.1, 0.15) is 11.6 Å². The van der Waals surface area contributed by atoms with Gasteiger partial charge in [-0.15, -0.1) is 0 Å². The maximum atomic E-state index is 14.6. The van der Waals surface area contributed by atoms with E-state index in [9.17, 15) is 12.8 Å². The Bertz CT molecular complexity index is 1560. The minimum Gasteiger partial charge on any atom is -0.323 e. The number of hydrogen-bond acceptors (Lipinski definition) is 7. The highest BCUT2D eigenvalue weighted by atomic mass is 35.5. The van der Waals surface area contributed by atoms with Crippen LogP contribution in [0.4, 0.5) is 16.0 Å².